The van der Waals surface area contributed by atoms with E-state index < -0.39 is 49.5 Å². The Morgan fingerprint density at radius 3 is 1.37 bits per heavy atom. The highest BCUT2D eigenvalue weighted by molar-refractivity contribution is 5.76. The van der Waals surface area contributed by atoms with Crippen LogP contribution in [0.2, 0.25) is 0 Å². The number of aliphatic hydroxyl groups excluding tert-OH is 5. The van der Waals surface area contributed by atoms with Crippen LogP contribution in [-0.2, 0) is 14.3 Å². The van der Waals surface area contributed by atoms with Crippen molar-refractivity contribution in [3.05, 3.63) is 122 Å². The fourth-order valence-corrected chi connectivity index (χ4v) is 7.87. The minimum Gasteiger partial charge on any atom is -0.394 e. The van der Waals surface area contributed by atoms with Crippen molar-refractivity contribution in [1.29, 1.82) is 0 Å². The Balaban J connectivity index is 2.26. The van der Waals surface area contributed by atoms with Crippen molar-refractivity contribution in [2.45, 2.75) is 243 Å². The molecule has 7 atom stereocenters. The predicted molar refractivity (Wildman–Crippen MR) is 294 cm³/mol. The molecule has 0 bridgehead atoms. The average Bonchev–Trinajstić information content (AvgIpc) is 3.36. The summed E-state index contributed by atoms with van der Waals surface area (Å²) in [5.41, 5.74) is 0. The Kier molecular flexibility index (Phi) is 45.4. The normalized spacial score (nSPS) is 20.4. The second-order valence-electron chi connectivity index (χ2n) is 18.6. The van der Waals surface area contributed by atoms with Gasteiger partial charge in [0.25, 0.3) is 0 Å². The van der Waals surface area contributed by atoms with E-state index in [0.29, 0.717) is 6.42 Å². The topological polar surface area (TPSA) is 149 Å². The van der Waals surface area contributed by atoms with Crippen LogP contribution in [0.3, 0.4) is 0 Å². The lowest BCUT2D eigenvalue weighted by Gasteiger charge is -2.40. The van der Waals surface area contributed by atoms with Crippen molar-refractivity contribution in [3.8, 4) is 0 Å². The maximum absolute atomic E-state index is 13.0. The molecule has 0 radical (unpaired) electrons. The van der Waals surface area contributed by atoms with E-state index >= 15 is 0 Å². The standard InChI is InChI=1S/C61H101NO8/c1-3-5-7-9-11-13-15-17-19-21-22-23-24-25-26-27-28-29-30-31-32-33-34-35-37-39-41-43-45-47-49-51-57(65)62-54(53-69-61-60(68)59(67)58(66)56(52-63)70-61)55(64)50-48-46-44-42-40-38-36-20-18-16-14-12-10-8-6-4-2/h5,7,11,13,17-20,22-23,25-26,28-29,31-32,40,42,48,50,54-56,58-61,63-64,66-68H,3-4,6,8-10,12,14-16,21,24,27,30,33-39,41,43-47,49,51-53H2,1-2H3,(H,62,65)/b7-5-,13-11-,19-17-,20-18+,23-22-,26-25-,29-28-,32-31-,42-40+,50-48+. The summed E-state index contributed by atoms with van der Waals surface area (Å²) in [5, 5.41) is 54.4. The van der Waals surface area contributed by atoms with Crippen LogP contribution in [0, 0.1) is 0 Å². The molecular formula is C61H101NO8. The molecule has 9 heteroatoms. The maximum atomic E-state index is 13.0. The Morgan fingerprint density at radius 2 is 0.900 bits per heavy atom. The zero-order valence-electron chi connectivity index (χ0n) is 44.0. The summed E-state index contributed by atoms with van der Waals surface area (Å²) in [7, 11) is 0. The van der Waals surface area contributed by atoms with Gasteiger partial charge in [-0.05, 0) is 103 Å². The molecule has 1 rings (SSSR count). The first-order valence-corrected chi connectivity index (χ1v) is 27.8. The summed E-state index contributed by atoms with van der Waals surface area (Å²) in [6.07, 6.45) is 66.8. The second-order valence-corrected chi connectivity index (χ2v) is 18.6. The minimum absolute atomic E-state index is 0.204. The van der Waals surface area contributed by atoms with Gasteiger partial charge in [-0.25, -0.2) is 0 Å². The number of hydrogen-bond donors (Lipinski definition) is 6. The van der Waals surface area contributed by atoms with E-state index in [1.54, 1.807) is 6.08 Å². The van der Waals surface area contributed by atoms with E-state index in [4.69, 9.17) is 9.47 Å². The molecule has 1 heterocycles. The SMILES string of the molecule is CC/C=C\C/C=C\C/C=C\C/C=C\C/C=C\C/C=C\C/C=C\CCCCCCCCCCCC(=O)NC(COC1OC(CO)C(O)C(O)C1O)C(O)/C=C/CC/C=C/CC/C=C/CCCCCCCC. The van der Waals surface area contributed by atoms with E-state index in [9.17, 15) is 30.3 Å². The van der Waals surface area contributed by atoms with Gasteiger partial charge in [0, 0.05) is 6.42 Å². The van der Waals surface area contributed by atoms with Gasteiger partial charge in [0.1, 0.15) is 24.4 Å². The summed E-state index contributed by atoms with van der Waals surface area (Å²) in [6, 6.07) is -0.840. The maximum Gasteiger partial charge on any atom is 0.220 e. The Labute approximate surface area is 427 Å². The molecule has 0 aromatic carbocycles. The van der Waals surface area contributed by atoms with Gasteiger partial charge >= 0.3 is 0 Å². The van der Waals surface area contributed by atoms with E-state index in [1.807, 2.05) is 6.08 Å². The number of unbranched alkanes of at least 4 members (excludes halogenated alkanes) is 17. The molecule has 9 nitrogen and oxygen atoms in total. The molecule has 7 unspecified atom stereocenters. The van der Waals surface area contributed by atoms with Crippen LogP contribution in [0.5, 0.6) is 0 Å². The zero-order valence-corrected chi connectivity index (χ0v) is 44.0. The van der Waals surface area contributed by atoms with E-state index in [2.05, 4.69) is 129 Å². The van der Waals surface area contributed by atoms with Gasteiger partial charge in [0.2, 0.25) is 5.91 Å². The van der Waals surface area contributed by atoms with Crippen molar-refractivity contribution in [3.63, 3.8) is 0 Å². The summed E-state index contributed by atoms with van der Waals surface area (Å²) in [4.78, 5) is 13.0. The molecule has 1 amide bonds. The molecule has 1 aliphatic rings. The van der Waals surface area contributed by atoms with Crippen molar-refractivity contribution in [1.82, 2.24) is 5.32 Å². The van der Waals surface area contributed by atoms with Gasteiger partial charge in [-0.1, -0.05) is 212 Å². The van der Waals surface area contributed by atoms with Crippen LogP contribution >= 0.6 is 0 Å². The average molecular weight is 976 g/mol. The van der Waals surface area contributed by atoms with Gasteiger partial charge in [-0.2, -0.15) is 0 Å². The van der Waals surface area contributed by atoms with Crippen molar-refractivity contribution < 1.29 is 39.8 Å². The fraction of sp³-hybridized carbons (Fsp3) is 0.656. The summed E-state index contributed by atoms with van der Waals surface area (Å²) >= 11 is 0. The first-order chi connectivity index (χ1) is 34.3. The molecule has 0 saturated carbocycles. The van der Waals surface area contributed by atoms with Crippen LogP contribution in [0.25, 0.3) is 0 Å². The summed E-state index contributed by atoms with van der Waals surface area (Å²) in [6.45, 7) is 3.61. The lowest BCUT2D eigenvalue weighted by atomic mass is 9.99. The molecule has 0 aliphatic carbocycles. The number of ether oxygens (including phenoxy) is 2. The van der Waals surface area contributed by atoms with Crippen molar-refractivity contribution >= 4 is 5.91 Å². The number of rotatable bonds is 45. The monoisotopic (exact) mass is 976 g/mol. The van der Waals surface area contributed by atoms with E-state index in [-0.39, 0.29) is 12.5 Å². The zero-order chi connectivity index (χ0) is 50.8. The molecule has 1 fully saturated rings. The number of amides is 1. The highest BCUT2D eigenvalue weighted by Crippen LogP contribution is 2.22. The van der Waals surface area contributed by atoms with Crippen LogP contribution in [-0.4, -0.2) is 87.5 Å². The largest absolute Gasteiger partial charge is 0.394 e. The third-order valence-electron chi connectivity index (χ3n) is 12.2. The second kappa shape index (κ2) is 49.2. The number of hydrogen-bond acceptors (Lipinski definition) is 8. The van der Waals surface area contributed by atoms with Crippen LogP contribution in [0.1, 0.15) is 200 Å². The molecule has 1 saturated heterocycles. The quantitative estimate of drug-likeness (QED) is 0.0261. The lowest BCUT2D eigenvalue weighted by Crippen LogP contribution is -2.60. The minimum atomic E-state index is -1.58. The number of allylic oxidation sites excluding steroid dienone is 19. The molecule has 398 valence electrons. The first-order valence-electron chi connectivity index (χ1n) is 27.8. The number of carbonyl (C=O) groups excluding carboxylic acids is 1. The lowest BCUT2D eigenvalue weighted by molar-refractivity contribution is -0.302. The van der Waals surface area contributed by atoms with Crippen LogP contribution < -0.4 is 5.32 Å². The third-order valence-corrected chi connectivity index (χ3v) is 12.2. The molecule has 0 aromatic rings. The Bertz CT molecular complexity index is 1510. The van der Waals surface area contributed by atoms with Gasteiger partial charge in [0.15, 0.2) is 6.29 Å². The number of aliphatic hydroxyl groups is 5. The highest BCUT2D eigenvalue weighted by atomic mass is 16.7. The number of nitrogens with one attached hydrogen (secondary N) is 1. The number of carbonyl (C=O) groups is 1. The highest BCUT2D eigenvalue weighted by Gasteiger charge is 2.44. The summed E-state index contributed by atoms with van der Waals surface area (Å²) in [5.74, 6) is -0.204. The van der Waals surface area contributed by atoms with E-state index in [1.165, 1.54) is 70.6 Å². The molecular weight excluding hydrogens is 875 g/mol. The first kappa shape index (κ1) is 64.6. The van der Waals surface area contributed by atoms with Gasteiger partial charge in [-0.3, -0.25) is 4.79 Å². The van der Waals surface area contributed by atoms with Gasteiger partial charge < -0.3 is 40.3 Å². The van der Waals surface area contributed by atoms with Crippen LogP contribution in [0.15, 0.2) is 122 Å². The van der Waals surface area contributed by atoms with E-state index in [0.717, 1.165) is 109 Å². The van der Waals surface area contributed by atoms with Crippen LogP contribution in [0.4, 0.5) is 0 Å². The Hall–Kier alpha value is -3.41. The molecule has 70 heavy (non-hydrogen) atoms. The molecule has 6 N–H and O–H groups in total. The fourth-order valence-electron chi connectivity index (χ4n) is 7.87. The Morgan fingerprint density at radius 1 is 0.500 bits per heavy atom. The van der Waals surface area contributed by atoms with Crippen molar-refractivity contribution in [2.75, 3.05) is 13.2 Å². The molecule has 1 aliphatic heterocycles. The van der Waals surface area contributed by atoms with Crippen molar-refractivity contribution in [2.24, 2.45) is 0 Å². The smallest absolute Gasteiger partial charge is 0.220 e. The molecule has 0 aromatic heterocycles. The predicted octanol–water partition coefficient (Wildman–Crippen LogP) is 13.6. The third kappa shape index (κ3) is 38.3. The van der Waals surface area contributed by atoms with Gasteiger partial charge in [-0.15, -0.1) is 0 Å². The summed E-state index contributed by atoms with van der Waals surface area (Å²) < 4.78 is 11.2. The molecule has 0 spiro atoms. The van der Waals surface area contributed by atoms with Gasteiger partial charge in [0.05, 0.1) is 25.4 Å².